The molecular weight excluding hydrogens is 638 g/mol. The van der Waals surface area contributed by atoms with Crippen LogP contribution in [0, 0.1) is 11.3 Å². The maximum absolute atomic E-state index is 14.3. The first-order valence-corrected chi connectivity index (χ1v) is 18.9. The second kappa shape index (κ2) is 15.7. The molecule has 2 aromatic rings. The molecule has 9 nitrogen and oxygen atoms in total. The smallest absolute Gasteiger partial charge is 0.249 e. The molecule has 2 unspecified atom stereocenters. The number of carbonyl (C=O) groups excluding carboxylic acids is 4. The first kappa shape index (κ1) is 38.3. The molecule has 0 saturated carbocycles. The van der Waals surface area contributed by atoms with Crippen molar-refractivity contribution in [1.29, 1.82) is 0 Å². The first-order chi connectivity index (χ1) is 24.1. The molecule has 2 aliphatic heterocycles. The number of likely N-dealkylation sites (tertiary alicyclic amines) is 2. The Morgan fingerprint density at radius 1 is 0.824 bits per heavy atom. The Balaban J connectivity index is 1.31. The molecule has 2 fully saturated rings. The van der Waals surface area contributed by atoms with Crippen molar-refractivity contribution in [2.45, 2.75) is 124 Å². The number of likely N-dealkylation sites (N-methyl/N-ethyl adjacent to an activating group) is 1. The number of fused-ring (bicyclic) bond motifs is 3. The lowest BCUT2D eigenvalue weighted by molar-refractivity contribution is -0.142. The number of rotatable bonds is 10. The van der Waals surface area contributed by atoms with Crippen molar-refractivity contribution in [2.75, 3.05) is 20.1 Å². The van der Waals surface area contributed by atoms with E-state index in [1.165, 1.54) is 0 Å². The topological polar surface area (TPSA) is 102 Å². The van der Waals surface area contributed by atoms with Gasteiger partial charge in [0.2, 0.25) is 23.6 Å². The van der Waals surface area contributed by atoms with Crippen LogP contribution >= 0.6 is 0 Å². The highest BCUT2D eigenvalue weighted by molar-refractivity contribution is 5.98. The van der Waals surface area contributed by atoms with Gasteiger partial charge in [-0.05, 0) is 86.6 Å². The second-order valence-electron chi connectivity index (χ2n) is 16.5. The van der Waals surface area contributed by atoms with Crippen LogP contribution in [0.3, 0.4) is 0 Å². The third kappa shape index (κ3) is 8.09. The molecule has 0 radical (unpaired) electrons. The third-order valence-electron chi connectivity index (χ3n) is 11.1. The zero-order valence-electron chi connectivity index (χ0n) is 32.2. The first-order valence-electron chi connectivity index (χ1n) is 18.9. The van der Waals surface area contributed by atoms with Gasteiger partial charge < -0.3 is 20.4 Å². The molecule has 4 atom stereocenters. The van der Waals surface area contributed by atoms with E-state index in [0.717, 1.165) is 54.5 Å². The van der Waals surface area contributed by atoms with Crippen LogP contribution in [0.4, 0.5) is 0 Å². The van der Waals surface area contributed by atoms with Crippen LogP contribution in [0.5, 0.6) is 0 Å². The van der Waals surface area contributed by atoms with Crippen molar-refractivity contribution < 1.29 is 19.2 Å². The maximum atomic E-state index is 14.3. The molecule has 5 rings (SSSR count). The zero-order valence-corrected chi connectivity index (χ0v) is 32.2. The number of benzene rings is 2. The van der Waals surface area contributed by atoms with E-state index in [-0.39, 0.29) is 47.7 Å². The SMILES string of the molecule is C/C(=C\[C@H](C(C)C)N(C)C(=O)C(NC(=O)[C@H]1CCCCN1C(C)C)C(C)(C)C)C(=O)N1CCCC1C(=O)NC1c2ccccc2-c2ccccc21. The van der Waals surface area contributed by atoms with Crippen LogP contribution in [0.1, 0.15) is 105 Å². The van der Waals surface area contributed by atoms with Gasteiger partial charge in [-0.15, -0.1) is 0 Å². The number of amides is 4. The van der Waals surface area contributed by atoms with Gasteiger partial charge in [0, 0.05) is 25.2 Å². The van der Waals surface area contributed by atoms with Crippen molar-refractivity contribution in [3.8, 4) is 11.1 Å². The summed E-state index contributed by atoms with van der Waals surface area (Å²) in [6, 6.07) is 14.3. The summed E-state index contributed by atoms with van der Waals surface area (Å²) in [6.45, 7) is 17.3. The van der Waals surface area contributed by atoms with Crippen LogP contribution in [0.15, 0.2) is 60.2 Å². The van der Waals surface area contributed by atoms with Gasteiger partial charge in [0.1, 0.15) is 12.1 Å². The summed E-state index contributed by atoms with van der Waals surface area (Å²) in [7, 11) is 1.76. The molecule has 9 heteroatoms. The Labute approximate surface area is 305 Å². The van der Waals surface area contributed by atoms with Gasteiger partial charge >= 0.3 is 0 Å². The van der Waals surface area contributed by atoms with E-state index < -0.39 is 23.5 Å². The Hall–Kier alpha value is -3.98. The van der Waals surface area contributed by atoms with E-state index in [1.54, 1.807) is 23.8 Å². The summed E-state index contributed by atoms with van der Waals surface area (Å²) < 4.78 is 0. The molecule has 2 N–H and O–H groups in total. The van der Waals surface area contributed by atoms with Gasteiger partial charge in [-0.3, -0.25) is 24.1 Å². The summed E-state index contributed by atoms with van der Waals surface area (Å²) in [5.74, 6) is -0.647. The minimum atomic E-state index is -0.742. The van der Waals surface area contributed by atoms with Gasteiger partial charge in [0.25, 0.3) is 0 Å². The van der Waals surface area contributed by atoms with E-state index >= 15 is 0 Å². The van der Waals surface area contributed by atoms with Crippen LogP contribution < -0.4 is 10.6 Å². The number of carbonyl (C=O) groups is 4. The normalized spacial score (nSPS) is 20.9. The molecule has 3 aliphatic rings. The average Bonchev–Trinajstić information content (AvgIpc) is 3.71. The molecule has 4 amide bonds. The average molecular weight is 698 g/mol. The monoisotopic (exact) mass is 697 g/mol. The highest BCUT2D eigenvalue weighted by Crippen LogP contribution is 2.43. The molecule has 2 aromatic carbocycles. The molecular formula is C42H59N5O4. The highest BCUT2D eigenvalue weighted by atomic mass is 16.2. The lowest BCUT2D eigenvalue weighted by atomic mass is 9.84. The number of hydrogen-bond acceptors (Lipinski definition) is 5. The molecule has 276 valence electrons. The standard InChI is InChI=1S/C42H59N5O4/c1-26(2)35(45(9)41(51)37(42(6,7)8)44-39(49)33-21-14-15-23-46(33)27(3)4)25-28(5)40(50)47-24-16-22-34(47)38(48)43-36-31-19-12-10-17-29(31)30-18-11-13-20-32(30)36/h10-13,17-20,25-27,33-37H,14-16,21-24H2,1-9H3,(H,43,48)(H,44,49)/b28-25+/t33-,34?,35-,37?/m1/s1. The van der Waals surface area contributed by atoms with Crippen LogP contribution in [0.25, 0.3) is 11.1 Å². The molecule has 2 heterocycles. The van der Waals surface area contributed by atoms with E-state index in [0.29, 0.717) is 18.5 Å². The van der Waals surface area contributed by atoms with Crippen molar-refractivity contribution in [3.63, 3.8) is 0 Å². The molecule has 1 aliphatic carbocycles. The lowest BCUT2D eigenvalue weighted by Crippen LogP contribution is -2.60. The van der Waals surface area contributed by atoms with Gasteiger partial charge in [-0.2, -0.15) is 0 Å². The van der Waals surface area contributed by atoms with E-state index in [1.807, 2.05) is 65.0 Å². The highest BCUT2D eigenvalue weighted by Gasteiger charge is 2.41. The second-order valence-corrected chi connectivity index (χ2v) is 16.5. The predicted octanol–water partition coefficient (Wildman–Crippen LogP) is 6.09. The van der Waals surface area contributed by atoms with Gasteiger partial charge in [-0.1, -0.05) is 95.6 Å². The van der Waals surface area contributed by atoms with Gasteiger partial charge in [0.05, 0.1) is 18.1 Å². The maximum Gasteiger partial charge on any atom is 0.249 e. The van der Waals surface area contributed by atoms with Crippen molar-refractivity contribution in [3.05, 3.63) is 71.3 Å². The van der Waals surface area contributed by atoms with Crippen LogP contribution in [0.2, 0.25) is 0 Å². The van der Waals surface area contributed by atoms with Gasteiger partial charge in [0.15, 0.2) is 0 Å². The summed E-state index contributed by atoms with van der Waals surface area (Å²) in [5.41, 5.74) is 4.32. The fourth-order valence-corrected chi connectivity index (χ4v) is 8.23. The zero-order chi connectivity index (χ0) is 37.2. The quantitative estimate of drug-likeness (QED) is 0.293. The Kier molecular flexibility index (Phi) is 11.8. The Morgan fingerprint density at radius 2 is 1.41 bits per heavy atom. The predicted molar refractivity (Wildman–Crippen MR) is 203 cm³/mol. The van der Waals surface area contributed by atoms with Crippen molar-refractivity contribution >= 4 is 23.6 Å². The largest absolute Gasteiger partial charge is 0.343 e. The minimum Gasteiger partial charge on any atom is -0.343 e. The fraction of sp³-hybridized carbons (Fsp3) is 0.571. The molecule has 2 saturated heterocycles. The third-order valence-corrected chi connectivity index (χ3v) is 11.1. The van der Waals surface area contributed by atoms with Crippen molar-refractivity contribution in [2.24, 2.45) is 11.3 Å². The summed E-state index contributed by atoms with van der Waals surface area (Å²) in [5, 5.41) is 6.44. The lowest BCUT2D eigenvalue weighted by Gasteiger charge is -2.41. The summed E-state index contributed by atoms with van der Waals surface area (Å²) in [6.07, 6.45) is 6.04. The Morgan fingerprint density at radius 3 is 1.98 bits per heavy atom. The van der Waals surface area contributed by atoms with Gasteiger partial charge in [-0.25, -0.2) is 0 Å². The number of nitrogens with one attached hydrogen (secondary N) is 2. The molecule has 0 spiro atoms. The molecule has 0 bridgehead atoms. The van der Waals surface area contributed by atoms with Crippen LogP contribution in [-0.2, 0) is 19.2 Å². The fourth-order valence-electron chi connectivity index (χ4n) is 8.23. The number of piperidine rings is 1. The van der Waals surface area contributed by atoms with E-state index in [2.05, 4.69) is 53.6 Å². The van der Waals surface area contributed by atoms with Crippen LogP contribution in [-0.4, -0.2) is 88.7 Å². The Bertz CT molecular complexity index is 1600. The summed E-state index contributed by atoms with van der Waals surface area (Å²) in [4.78, 5) is 61.6. The summed E-state index contributed by atoms with van der Waals surface area (Å²) >= 11 is 0. The van der Waals surface area contributed by atoms with E-state index in [9.17, 15) is 19.2 Å². The number of hydrogen-bond donors (Lipinski definition) is 2. The van der Waals surface area contributed by atoms with E-state index in [4.69, 9.17) is 0 Å². The molecule has 51 heavy (non-hydrogen) atoms. The minimum absolute atomic E-state index is 0.00651. The molecule has 0 aromatic heterocycles. The van der Waals surface area contributed by atoms with Crippen molar-refractivity contribution in [1.82, 2.24) is 25.3 Å². The number of nitrogens with zero attached hydrogens (tertiary/aromatic N) is 3.